The summed E-state index contributed by atoms with van der Waals surface area (Å²) >= 11 is 12.7. The van der Waals surface area contributed by atoms with E-state index in [0.717, 1.165) is 21.9 Å². The third-order valence-corrected chi connectivity index (χ3v) is 5.24. The second kappa shape index (κ2) is 8.46. The number of aryl methyl sites for hydroxylation is 1. The molecule has 4 nitrogen and oxygen atoms in total. The topological polar surface area (TPSA) is 50.4 Å². The molecule has 0 fully saturated rings. The first-order chi connectivity index (χ1) is 11.4. The number of thiocarbonyl (C=S) groups is 1. The number of halogens is 1. The van der Waals surface area contributed by atoms with Crippen molar-refractivity contribution in [2.45, 2.75) is 20.3 Å². The molecule has 0 aliphatic carbocycles. The predicted octanol–water partition coefficient (Wildman–Crippen LogP) is 4.33. The molecular formula is C17H19ClN2O2S2. The molecule has 7 heteroatoms. The zero-order valence-electron chi connectivity index (χ0n) is 13.7. The molecule has 0 saturated heterocycles. The molecule has 24 heavy (non-hydrogen) atoms. The van der Waals surface area contributed by atoms with Gasteiger partial charge in [-0.15, -0.1) is 11.3 Å². The molecule has 0 atom stereocenters. The van der Waals surface area contributed by atoms with Gasteiger partial charge in [0.25, 0.3) is 0 Å². The van der Waals surface area contributed by atoms with E-state index in [1.165, 1.54) is 24.0 Å². The van der Waals surface area contributed by atoms with Gasteiger partial charge in [-0.3, -0.25) is 0 Å². The zero-order chi connectivity index (χ0) is 17.7. The maximum atomic E-state index is 11.9. The van der Waals surface area contributed by atoms with Gasteiger partial charge < -0.3 is 15.4 Å². The lowest BCUT2D eigenvalue weighted by Gasteiger charge is -2.11. The number of hydrogen-bond acceptors (Lipinski definition) is 4. The summed E-state index contributed by atoms with van der Waals surface area (Å²) in [6, 6.07) is 7.71. The highest BCUT2D eigenvalue weighted by molar-refractivity contribution is 7.80. The van der Waals surface area contributed by atoms with Crippen molar-refractivity contribution in [1.82, 2.24) is 5.32 Å². The van der Waals surface area contributed by atoms with Crippen LogP contribution in [0.3, 0.4) is 0 Å². The largest absolute Gasteiger partial charge is 0.465 e. The number of benzene rings is 1. The van der Waals surface area contributed by atoms with Crippen LogP contribution < -0.4 is 10.6 Å². The van der Waals surface area contributed by atoms with E-state index in [2.05, 4.69) is 10.6 Å². The Balaban J connectivity index is 1.94. The maximum absolute atomic E-state index is 11.9. The van der Waals surface area contributed by atoms with E-state index in [0.29, 0.717) is 22.2 Å². The SMILES string of the molecule is COC(=O)c1c(NC(=S)NCCc2ccc(Cl)cc2)sc(C)c1C. The highest BCUT2D eigenvalue weighted by Gasteiger charge is 2.20. The molecule has 0 amide bonds. The van der Waals surface area contributed by atoms with Gasteiger partial charge in [-0.1, -0.05) is 23.7 Å². The van der Waals surface area contributed by atoms with Crippen molar-refractivity contribution in [2.24, 2.45) is 0 Å². The first-order valence-electron chi connectivity index (χ1n) is 7.40. The van der Waals surface area contributed by atoms with Gasteiger partial charge in [-0.05, 0) is 55.7 Å². The second-order valence-corrected chi connectivity index (χ2v) is 7.31. The van der Waals surface area contributed by atoms with Gasteiger partial charge in [-0.2, -0.15) is 0 Å². The molecule has 2 aromatic rings. The molecule has 2 rings (SSSR count). The molecule has 1 heterocycles. The molecule has 0 unspecified atom stereocenters. The Bertz CT molecular complexity index is 742. The van der Waals surface area contributed by atoms with Crippen molar-refractivity contribution in [2.75, 3.05) is 19.0 Å². The van der Waals surface area contributed by atoms with E-state index in [4.69, 9.17) is 28.6 Å². The summed E-state index contributed by atoms with van der Waals surface area (Å²) in [6.45, 7) is 4.55. The Kier molecular flexibility index (Phi) is 6.60. The Morgan fingerprint density at radius 3 is 2.58 bits per heavy atom. The molecule has 0 spiro atoms. The van der Waals surface area contributed by atoms with E-state index >= 15 is 0 Å². The minimum Gasteiger partial charge on any atom is -0.465 e. The molecule has 0 aliphatic heterocycles. The van der Waals surface area contributed by atoms with Crippen LogP contribution >= 0.6 is 35.2 Å². The van der Waals surface area contributed by atoms with Crippen molar-refractivity contribution in [3.8, 4) is 0 Å². The summed E-state index contributed by atoms with van der Waals surface area (Å²) in [6.07, 6.45) is 0.825. The highest BCUT2D eigenvalue weighted by atomic mass is 35.5. The van der Waals surface area contributed by atoms with Gasteiger partial charge >= 0.3 is 5.97 Å². The molecule has 0 bridgehead atoms. The first-order valence-corrected chi connectivity index (χ1v) is 9.00. The van der Waals surface area contributed by atoms with Crippen molar-refractivity contribution < 1.29 is 9.53 Å². The molecule has 0 radical (unpaired) electrons. The van der Waals surface area contributed by atoms with E-state index in [1.807, 2.05) is 38.1 Å². The van der Waals surface area contributed by atoms with Crippen LogP contribution in [0.5, 0.6) is 0 Å². The number of esters is 1. The van der Waals surface area contributed by atoms with Gasteiger partial charge in [0.15, 0.2) is 5.11 Å². The van der Waals surface area contributed by atoms with Gasteiger partial charge in [0.1, 0.15) is 5.00 Å². The molecular weight excluding hydrogens is 364 g/mol. The van der Waals surface area contributed by atoms with Crippen molar-refractivity contribution in [3.63, 3.8) is 0 Å². The first kappa shape index (κ1) is 18.7. The highest BCUT2D eigenvalue weighted by Crippen LogP contribution is 2.32. The molecule has 0 aliphatic rings. The Labute approximate surface area is 156 Å². The monoisotopic (exact) mass is 382 g/mol. The van der Waals surface area contributed by atoms with E-state index < -0.39 is 0 Å². The third-order valence-electron chi connectivity index (χ3n) is 3.61. The number of methoxy groups -OCH3 is 1. The maximum Gasteiger partial charge on any atom is 0.341 e. The lowest BCUT2D eigenvalue weighted by molar-refractivity contribution is 0.0601. The number of carbonyl (C=O) groups is 1. The minimum atomic E-state index is -0.358. The minimum absolute atomic E-state index is 0.358. The number of ether oxygens (including phenoxy) is 1. The number of hydrogen-bond donors (Lipinski definition) is 2. The molecule has 1 aromatic heterocycles. The average Bonchev–Trinajstić information content (AvgIpc) is 2.83. The van der Waals surface area contributed by atoms with Crippen molar-refractivity contribution in [1.29, 1.82) is 0 Å². The van der Waals surface area contributed by atoms with Crippen molar-refractivity contribution in [3.05, 3.63) is 50.9 Å². The fourth-order valence-corrected chi connectivity index (χ4v) is 3.63. The van der Waals surface area contributed by atoms with Gasteiger partial charge in [0.05, 0.1) is 12.7 Å². The number of nitrogens with one attached hydrogen (secondary N) is 2. The normalized spacial score (nSPS) is 10.3. The summed E-state index contributed by atoms with van der Waals surface area (Å²) < 4.78 is 4.85. The number of anilines is 1. The zero-order valence-corrected chi connectivity index (χ0v) is 16.1. The number of thiophene rings is 1. The second-order valence-electron chi connectivity index (χ2n) is 5.24. The van der Waals surface area contributed by atoms with E-state index in [9.17, 15) is 4.79 Å². The van der Waals surface area contributed by atoms with Crippen LogP contribution in [0.15, 0.2) is 24.3 Å². The Morgan fingerprint density at radius 2 is 1.96 bits per heavy atom. The van der Waals surface area contributed by atoms with Crippen LogP contribution in [0.1, 0.15) is 26.4 Å². The standard InChI is InChI=1S/C17H19ClN2O2S2/c1-10-11(2)24-15(14(10)16(21)22-3)20-17(23)19-9-8-12-4-6-13(18)7-5-12/h4-7H,8-9H2,1-3H3,(H2,19,20,23). The summed E-state index contributed by atoms with van der Waals surface area (Å²) in [4.78, 5) is 13.0. The molecule has 128 valence electrons. The fraction of sp³-hybridized carbons (Fsp3) is 0.294. The third kappa shape index (κ3) is 4.69. The van der Waals surface area contributed by atoms with Gasteiger partial charge in [0, 0.05) is 16.4 Å². The Hall–Kier alpha value is -1.63. The lowest BCUT2D eigenvalue weighted by Crippen LogP contribution is -2.30. The molecule has 2 N–H and O–H groups in total. The summed E-state index contributed by atoms with van der Waals surface area (Å²) in [5.74, 6) is -0.358. The van der Waals surface area contributed by atoms with Crippen LogP contribution in [-0.4, -0.2) is 24.7 Å². The van der Waals surface area contributed by atoms with Crippen LogP contribution in [0.4, 0.5) is 5.00 Å². The van der Waals surface area contributed by atoms with E-state index in [1.54, 1.807) is 0 Å². The van der Waals surface area contributed by atoms with Crippen LogP contribution in [0.25, 0.3) is 0 Å². The van der Waals surface area contributed by atoms with Crippen LogP contribution in [0.2, 0.25) is 5.02 Å². The molecule has 1 aromatic carbocycles. The van der Waals surface area contributed by atoms with Crippen LogP contribution in [-0.2, 0) is 11.2 Å². The van der Waals surface area contributed by atoms with Gasteiger partial charge in [-0.25, -0.2) is 4.79 Å². The van der Waals surface area contributed by atoms with E-state index in [-0.39, 0.29) is 5.97 Å². The Morgan fingerprint density at radius 1 is 1.29 bits per heavy atom. The average molecular weight is 383 g/mol. The van der Waals surface area contributed by atoms with Crippen molar-refractivity contribution >= 4 is 51.2 Å². The van der Waals surface area contributed by atoms with Crippen LogP contribution in [0, 0.1) is 13.8 Å². The number of rotatable bonds is 5. The predicted molar refractivity (Wildman–Crippen MR) is 105 cm³/mol. The quantitative estimate of drug-likeness (QED) is 0.595. The molecule has 0 saturated carbocycles. The van der Waals surface area contributed by atoms with Gasteiger partial charge in [0.2, 0.25) is 0 Å². The smallest absolute Gasteiger partial charge is 0.341 e. The fourth-order valence-electron chi connectivity index (χ4n) is 2.18. The summed E-state index contributed by atoms with van der Waals surface area (Å²) in [7, 11) is 1.38. The lowest BCUT2D eigenvalue weighted by atomic mass is 10.1. The summed E-state index contributed by atoms with van der Waals surface area (Å²) in [5.41, 5.74) is 2.63. The number of carbonyl (C=O) groups excluding carboxylic acids is 1. The summed E-state index contributed by atoms with van der Waals surface area (Å²) in [5, 5.41) is 8.16.